The van der Waals surface area contributed by atoms with Gasteiger partial charge in [0.25, 0.3) is 0 Å². The van der Waals surface area contributed by atoms with Crippen molar-refractivity contribution in [3.63, 3.8) is 0 Å². The number of nitrogens with zero attached hydrogens (tertiary/aromatic N) is 2. The molecule has 0 aliphatic rings. The van der Waals surface area contributed by atoms with Crippen LogP contribution in [0.2, 0.25) is 0 Å². The molecule has 0 unspecified atom stereocenters. The van der Waals surface area contributed by atoms with Crippen LogP contribution in [-0.4, -0.2) is 50.0 Å². The predicted molar refractivity (Wildman–Crippen MR) is 80.1 cm³/mol. The Bertz CT molecular complexity index is 453. The van der Waals surface area contributed by atoms with Crippen LogP contribution in [0.4, 0.5) is 11.4 Å². The van der Waals surface area contributed by atoms with E-state index in [9.17, 15) is 10.1 Å². The highest BCUT2D eigenvalue weighted by atomic mass is 16.6. The number of anilines is 1. The quantitative estimate of drug-likeness (QED) is 0.524. The largest absolute Gasteiger partial charge is 0.487 e. The number of ether oxygens (including phenoxy) is 2. The molecule has 0 saturated carbocycles. The Hall–Kier alpha value is -1.86. The average molecular weight is 298 g/mol. The molecule has 1 N–H and O–H groups in total. The van der Waals surface area contributed by atoms with Gasteiger partial charge >= 0.3 is 5.69 Å². The van der Waals surface area contributed by atoms with Crippen LogP contribution in [0.5, 0.6) is 5.75 Å². The van der Waals surface area contributed by atoms with Crippen molar-refractivity contribution in [2.45, 2.75) is 13.3 Å². The molecule has 21 heavy (non-hydrogen) atoms. The molecule has 0 bridgehead atoms. The fraction of sp³-hybridized carbons (Fsp3) is 0.571. The third kappa shape index (κ3) is 5.20. The predicted octanol–water partition coefficient (Wildman–Crippen LogP) is 1.83. The van der Waals surface area contributed by atoms with Crippen molar-refractivity contribution in [3.05, 3.63) is 28.3 Å². The summed E-state index contributed by atoms with van der Waals surface area (Å²) in [6.07, 6.45) is 0.769. The number of aliphatic hydroxyl groups is 1. The summed E-state index contributed by atoms with van der Waals surface area (Å²) in [6, 6.07) is 4.72. The second kappa shape index (κ2) is 9.15. The molecule has 0 spiro atoms. The van der Waals surface area contributed by atoms with Gasteiger partial charge in [0.05, 0.1) is 24.7 Å². The number of nitro benzene ring substituents is 1. The van der Waals surface area contributed by atoms with Gasteiger partial charge in [-0.1, -0.05) is 6.92 Å². The van der Waals surface area contributed by atoms with Gasteiger partial charge in [-0.05, 0) is 12.5 Å². The Balaban J connectivity index is 3.02. The molecule has 0 fully saturated rings. The second-order valence-corrected chi connectivity index (χ2v) is 4.46. The first-order valence-corrected chi connectivity index (χ1v) is 6.90. The molecule has 1 aromatic rings. The zero-order valence-electron chi connectivity index (χ0n) is 12.4. The van der Waals surface area contributed by atoms with Crippen LogP contribution in [-0.2, 0) is 4.74 Å². The first-order chi connectivity index (χ1) is 10.1. The van der Waals surface area contributed by atoms with Crippen LogP contribution in [0.25, 0.3) is 0 Å². The van der Waals surface area contributed by atoms with Crippen LogP contribution < -0.4 is 9.64 Å². The third-order valence-corrected chi connectivity index (χ3v) is 2.90. The van der Waals surface area contributed by atoms with Crippen molar-refractivity contribution >= 4 is 11.4 Å². The molecule has 0 heterocycles. The molecule has 0 aromatic heterocycles. The molecular formula is C14H22N2O5. The number of nitro groups is 1. The molecule has 0 saturated heterocycles. The number of hydrogen-bond donors (Lipinski definition) is 1. The van der Waals surface area contributed by atoms with Gasteiger partial charge in [-0.2, -0.15) is 0 Å². The molecule has 118 valence electrons. The normalized spacial score (nSPS) is 10.4. The molecule has 0 aliphatic heterocycles. The molecule has 0 aliphatic carbocycles. The zero-order chi connectivity index (χ0) is 15.7. The smallest absolute Gasteiger partial charge is 0.311 e. The molecule has 1 aromatic carbocycles. The highest BCUT2D eigenvalue weighted by Crippen LogP contribution is 2.31. The van der Waals surface area contributed by atoms with Crippen molar-refractivity contribution in [1.29, 1.82) is 0 Å². The zero-order valence-corrected chi connectivity index (χ0v) is 12.4. The van der Waals surface area contributed by atoms with E-state index in [0.29, 0.717) is 26.3 Å². The van der Waals surface area contributed by atoms with Crippen LogP contribution in [0.3, 0.4) is 0 Å². The summed E-state index contributed by atoms with van der Waals surface area (Å²) in [6.45, 7) is 3.86. The molecule has 0 radical (unpaired) electrons. The van der Waals surface area contributed by atoms with Crippen molar-refractivity contribution in [2.75, 3.05) is 44.9 Å². The lowest BCUT2D eigenvalue weighted by molar-refractivity contribution is -0.385. The van der Waals surface area contributed by atoms with E-state index in [0.717, 1.165) is 12.1 Å². The van der Waals surface area contributed by atoms with E-state index in [2.05, 4.69) is 0 Å². The van der Waals surface area contributed by atoms with Gasteiger partial charge in [0.1, 0.15) is 0 Å². The monoisotopic (exact) mass is 298 g/mol. The van der Waals surface area contributed by atoms with E-state index in [4.69, 9.17) is 14.6 Å². The summed E-state index contributed by atoms with van der Waals surface area (Å²) in [5.74, 6) is 0.250. The van der Waals surface area contributed by atoms with Crippen LogP contribution >= 0.6 is 0 Å². The number of hydrogen-bond acceptors (Lipinski definition) is 6. The number of methoxy groups -OCH3 is 1. The maximum atomic E-state index is 11.0. The fourth-order valence-electron chi connectivity index (χ4n) is 1.87. The van der Waals surface area contributed by atoms with Gasteiger partial charge in [-0.25, -0.2) is 0 Å². The summed E-state index contributed by atoms with van der Waals surface area (Å²) in [4.78, 5) is 12.5. The highest BCUT2D eigenvalue weighted by Gasteiger charge is 2.17. The van der Waals surface area contributed by atoms with Crippen LogP contribution in [0.15, 0.2) is 18.2 Å². The Kier molecular flexibility index (Phi) is 7.49. The lowest BCUT2D eigenvalue weighted by Gasteiger charge is -2.24. The SMILES string of the molecule is CCCOc1cc(N(CCO)CCOC)ccc1[N+](=O)[O-]. The van der Waals surface area contributed by atoms with E-state index in [1.54, 1.807) is 19.2 Å². The Morgan fingerprint density at radius 1 is 1.33 bits per heavy atom. The summed E-state index contributed by atoms with van der Waals surface area (Å²) in [7, 11) is 1.60. The molecule has 1 rings (SSSR count). The van der Waals surface area contributed by atoms with Crippen molar-refractivity contribution in [1.82, 2.24) is 0 Å². The maximum absolute atomic E-state index is 11.0. The number of rotatable bonds is 10. The molecular weight excluding hydrogens is 276 g/mol. The second-order valence-electron chi connectivity index (χ2n) is 4.46. The Morgan fingerprint density at radius 3 is 2.67 bits per heavy atom. The van der Waals surface area contributed by atoms with Gasteiger partial charge in [0.15, 0.2) is 5.75 Å². The van der Waals surface area contributed by atoms with Crippen molar-refractivity contribution < 1.29 is 19.5 Å². The van der Waals surface area contributed by atoms with Crippen LogP contribution in [0.1, 0.15) is 13.3 Å². The molecule has 7 nitrogen and oxygen atoms in total. The minimum Gasteiger partial charge on any atom is -0.487 e. The van der Waals surface area contributed by atoms with E-state index in [-0.39, 0.29) is 18.0 Å². The highest BCUT2D eigenvalue weighted by molar-refractivity contribution is 5.59. The lowest BCUT2D eigenvalue weighted by atomic mass is 10.2. The first-order valence-electron chi connectivity index (χ1n) is 6.90. The van der Waals surface area contributed by atoms with Gasteiger partial charge in [0, 0.05) is 38.0 Å². The third-order valence-electron chi connectivity index (χ3n) is 2.90. The minimum absolute atomic E-state index is 0.00808. The topological polar surface area (TPSA) is 85.1 Å². The number of benzene rings is 1. The van der Waals surface area contributed by atoms with Gasteiger partial charge in [-0.3, -0.25) is 10.1 Å². The van der Waals surface area contributed by atoms with Crippen molar-refractivity contribution in [2.24, 2.45) is 0 Å². The van der Waals surface area contributed by atoms with Crippen LogP contribution in [0, 0.1) is 10.1 Å². The summed E-state index contributed by atoms with van der Waals surface area (Å²) < 4.78 is 10.5. The van der Waals surface area contributed by atoms with E-state index < -0.39 is 4.92 Å². The lowest BCUT2D eigenvalue weighted by Crippen LogP contribution is -2.30. The molecule has 7 heteroatoms. The molecule has 0 atom stereocenters. The Morgan fingerprint density at radius 2 is 2.10 bits per heavy atom. The average Bonchev–Trinajstić information content (AvgIpc) is 2.48. The molecule has 0 amide bonds. The van der Waals surface area contributed by atoms with E-state index >= 15 is 0 Å². The summed E-state index contributed by atoms with van der Waals surface area (Å²) in [5, 5.41) is 20.1. The first kappa shape index (κ1) is 17.2. The van der Waals surface area contributed by atoms with Gasteiger partial charge in [-0.15, -0.1) is 0 Å². The Labute approximate surface area is 124 Å². The van der Waals surface area contributed by atoms with E-state index in [1.165, 1.54) is 6.07 Å². The maximum Gasteiger partial charge on any atom is 0.311 e. The van der Waals surface area contributed by atoms with E-state index in [1.807, 2.05) is 11.8 Å². The number of aliphatic hydroxyl groups excluding tert-OH is 1. The standard InChI is InChI=1S/C14H22N2O5/c1-3-9-21-14-11-12(4-5-13(14)16(18)19)15(6-8-17)7-10-20-2/h4-5,11,17H,3,6-10H2,1-2H3. The minimum atomic E-state index is -0.458. The summed E-state index contributed by atoms with van der Waals surface area (Å²) >= 11 is 0. The van der Waals surface area contributed by atoms with Gasteiger partial charge < -0.3 is 19.5 Å². The summed E-state index contributed by atoms with van der Waals surface area (Å²) in [5.41, 5.74) is 0.709. The fourth-order valence-corrected chi connectivity index (χ4v) is 1.87. The van der Waals surface area contributed by atoms with Crippen molar-refractivity contribution in [3.8, 4) is 5.75 Å². The van der Waals surface area contributed by atoms with Gasteiger partial charge in [0.2, 0.25) is 0 Å².